The first kappa shape index (κ1) is 18.7. The summed E-state index contributed by atoms with van der Waals surface area (Å²) in [6, 6.07) is 8.50. The van der Waals surface area contributed by atoms with E-state index in [2.05, 4.69) is 15.3 Å². The van der Waals surface area contributed by atoms with Gasteiger partial charge in [0.2, 0.25) is 5.95 Å². The number of Topliss-reactive ketones (excluding diaryl/α,β-unsaturated/α-hetero) is 1. The fourth-order valence-electron chi connectivity index (χ4n) is 3.34. The molecule has 8 nitrogen and oxygen atoms in total. The van der Waals surface area contributed by atoms with E-state index in [4.69, 9.17) is 13.9 Å². The van der Waals surface area contributed by atoms with Crippen LogP contribution < -0.4 is 14.8 Å². The number of furan rings is 1. The minimum Gasteiger partial charge on any atom is -0.497 e. The van der Waals surface area contributed by atoms with Gasteiger partial charge in [0.15, 0.2) is 5.78 Å². The molecule has 4 rings (SSSR count). The number of hydrogen-bond donors (Lipinski definition) is 1. The molecule has 1 atom stereocenters. The number of carbonyl (C=O) groups excluding carboxylic acids is 2. The number of methoxy groups -OCH3 is 2. The summed E-state index contributed by atoms with van der Waals surface area (Å²) in [6.45, 7) is 0. The van der Waals surface area contributed by atoms with Gasteiger partial charge in [0.1, 0.15) is 17.3 Å². The summed E-state index contributed by atoms with van der Waals surface area (Å²) in [4.78, 5) is 33.6. The van der Waals surface area contributed by atoms with Crippen molar-refractivity contribution in [2.45, 2.75) is 18.8 Å². The Labute approximate surface area is 166 Å². The number of hydrogen-bond acceptors (Lipinski definition) is 7. The van der Waals surface area contributed by atoms with Crippen LogP contribution in [0.1, 0.15) is 44.5 Å². The Bertz CT molecular complexity index is 1040. The largest absolute Gasteiger partial charge is 0.497 e. The summed E-state index contributed by atoms with van der Waals surface area (Å²) in [5, 5.41) is 2.67. The van der Waals surface area contributed by atoms with Gasteiger partial charge >= 0.3 is 0 Å². The number of nitrogens with one attached hydrogen (secondary N) is 1. The van der Waals surface area contributed by atoms with Gasteiger partial charge in [-0.15, -0.1) is 0 Å². The molecular weight excluding hydrogens is 374 g/mol. The second-order valence-electron chi connectivity index (χ2n) is 6.65. The molecule has 1 N–H and O–H groups in total. The van der Waals surface area contributed by atoms with Crippen molar-refractivity contribution >= 4 is 17.6 Å². The molecule has 8 heteroatoms. The Hall–Kier alpha value is -3.68. The first-order valence-electron chi connectivity index (χ1n) is 9.04. The SMILES string of the molecule is COc1cc(OC)cc(C(=O)Nc2ncc3c(n2)C[C@@H](c2ccco2)CC3=O)c1. The Morgan fingerprint density at radius 2 is 1.93 bits per heavy atom. The van der Waals surface area contributed by atoms with Gasteiger partial charge in [0.05, 0.1) is 31.7 Å². The summed E-state index contributed by atoms with van der Waals surface area (Å²) in [5.74, 6) is 1.33. The predicted octanol–water partition coefficient (Wildman–Crippen LogP) is 3.25. The molecule has 0 radical (unpaired) electrons. The van der Waals surface area contributed by atoms with Crippen LogP contribution in [0.2, 0.25) is 0 Å². The first-order chi connectivity index (χ1) is 14.1. The molecule has 0 unspecified atom stereocenters. The van der Waals surface area contributed by atoms with E-state index >= 15 is 0 Å². The molecule has 3 aromatic rings. The van der Waals surface area contributed by atoms with Gasteiger partial charge in [-0.2, -0.15) is 0 Å². The highest BCUT2D eigenvalue weighted by molar-refractivity contribution is 6.04. The zero-order valence-electron chi connectivity index (χ0n) is 16.0. The van der Waals surface area contributed by atoms with Crippen molar-refractivity contribution in [3.05, 3.63) is 65.4 Å². The van der Waals surface area contributed by atoms with Crippen molar-refractivity contribution < 1.29 is 23.5 Å². The van der Waals surface area contributed by atoms with Crippen molar-refractivity contribution in [2.75, 3.05) is 19.5 Å². The minimum absolute atomic E-state index is 0.0388. The quantitative estimate of drug-likeness (QED) is 0.709. The van der Waals surface area contributed by atoms with Crippen molar-refractivity contribution in [1.82, 2.24) is 9.97 Å². The Morgan fingerprint density at radius 1 is 1.17 bits per heavy atom. The lowest BCUT2D eigenvalue weighted by atomic mass is 9.85. The minimum atomic E-state index is -0.410. The topological polar surface area (TPSA) is 104 Å². The number of rotatable bonds is 5. The number of ketones is 1. The molecule has 0 bridgehead atoms. The van der Waals surface area contributed by atoms with E-state index in [-0.39, 0.29) is 17.6 Å². The molecule has 1 aromatic carbocycles. The molecule has 1 aliphatic carbocycles. The maximum absolute atomic E-state index is 12.6. The monoisotopic (exact) mass is 393 g/mol. The van der Waals surface area contributed by atoms with E-state index in [1.807, 2.05) is 6.07 Å². The summed E-state index contributed by atoms with van der Waals surface area (Å²) in [7, 11) is 3.02. The molecule has 1 aliphatic rings. The molecule has 2 heterocycles. The van der Waals surface area contributed by atoms with Gasteiger partial charge < -0.3 is 13.9 Å². The van der Waals surface area contributed by atoms with Gasteiger partial charge in [-0.1, -0.05) is 0 Å². The van der Waals surface area contributed by atoms with Crippen LogP contribution in [0, 0.1) is 0 Å². The zero-order chi connectivity index (χ0) is 20.4. The standard InChI is InChI=1S/C21H19N3O5/c1-27-14-6-13(7-15(10-14)28-2)20(26)24-21-22-11-16-17(23-21)8-12(9-18(16)25)19-4-3-5-29-19/h3-7,10-12H,8-9H2,1-2H3,(H,22,23,24,26)/t12-/m1/s1. The Balaban J connectivity index is 1.57. The van der Waals surface area contributed by atoms with E-state index in [1.54, 1.807) is 30.5 Å². The first-order valence-corrected chi connectivity index (χ1v) is 9.04. The number of nitrogens with zero attached hydrogens (tertiary/aromatic N) is 2. The lowest BCUT2D eigenvalue weighted by molar-refractivity contribution is 0.0958. The van der Waals surface area contributed by atoms with E-state index < -0.39 is 5.91 Å². The highest BCUT2D eigenvalue weighted by Gasteiger charge is 2.29. The van der Waals surface area contributed by atoms with E-state index in [9.17, 15) is 9.59 Å². The third kappa shape index (κ3) is 3.82. The van der Waals surface area contributed by atoms with E-state index in [0.717, 1.165) is 5.76 Å². The van der Waals surface area contributed by atoms with Crippen LogP contribution in [0.25, 0.3) is 0 Å². The van der Waals surface area contributed by atoms with Gasteiger partial charge in [-0.05, 0) is 24.3 Å². The summed E-state index contributed by atoms with van der Waals surface area (Å²) >= 11 is 0. The number of amides is 1. The van der Waals surface area contributed by atoms with Crippen molar-refractivity contribution in [1.29, 1.82) is 0 Å². The van der Waals surface area contributed by atoms with Crippen LogP contribution in [0.3, 0.4) is 0 Å². The van der Waals surface area contributed by atoms with Crippen molar-refractivity contribution in [3.63, 3.8) is 0 Å². The third-order valence-corrected chi connectivity index (χ3v) is 4.82. The van der Waals surface area contributed by atoms with Crippen molar-refractivity contribution in [2.24, 2.45) is 0 Å². The molecule has 0 saturated carbocycles. The predicted molar refractivity (Wildman–Crippen MR) is 104 cm³/mol. The van der Waals surface area contributed by atoms with Gasteiger partial charge in [-0.25, -0.2) is 9.97 Å². The molecule has 2 aromatic heterocycles. The van der Waals surface area contributed by atoms with Gasteiger partial charge in [-0.3, -0.25) is 14.9 Å². The molecule has 0 fully saturated rings. The highest BCUT2D eigenvalue weighted by Crippen LogP contribution is 2.32. The second-order valence-corrected chi connectivity index (χ2v) is 6.65. The lowest BCUT2D eigenvalue weighted by Gasteiger charge is -2.21. The Kier molecular flexibility index (Phi) is 4.99. The number of benzene rings is 1. The molecule has 0 saturated heterocycles. The van der Waals surface area contributed by atoms with E-state index in [0.29, 0.717) is 41.2 Å². The molecule has 148 valence electrons. The maximum Gasteiger partial charge on any atom is 0.258 e. The fourth-order valence-corrected chi connectivity index (χ4v) is 3.34. The molecular formula is C21H19N3O5. The zero-order valence-corrected chi connectivity index (χ0v) is 16.0. The smallest absolute Gasteiger partial charge is 0.258 e. The number of fused-ring (bicyclic) bond motifs is 1. The number of ether oxygens (including phenoxy) is 2. The normalized spacial score (nSPS) is 15.5. The van der Waals surface area contributed by atoms with Crippen LogP contribution >= 0.6 is 0 Å². The van der Waals surface area contributed by atoms with Crippen LogP contribution in [0.15, 0.2) is 47.2 Å². The summed E-state index contributed by atoms with van der Waals surface area (Å²) in [5.41, 5.74) is 1.41. The summed E-state index contributed by atoms with van der Waals surface area (Å²) in [6.07, 6.45) is 3.93. The molecule has 29 heavy (non-hydrogen) atoms. The number of aromatic nitrogens is 2. The second kappa shape index (κ2) is 7.75. The molecule has 0 spiro atoms. The van der Waals surface area contributed by atoms with Crippen LogP contribution in [0.5, 0.6) is 11.5 Å². The Morgan fingerprint density at radius 3 is 2.59 bits per heavy atom. The maximum atomic E-state index is 12.6. The number of anilines is 1. The molecule has 1 amide bonds. The van der Waals surface area contributed by atoms with Gasteiger partial charge in [0, 0.05) is 36.6 Å². The lowest BCUT2D eigenvalue weighted by Crippen LogP contribution is -2.22. The van der Waals surface area contributed by atoms with Crippen LogP contribution in [-0.4, -0.2) is 35.9 Å². The fraction of sp³-hybridized carbons (Fsp3) is 0.238. The van der Waals surface area contributed by atoms with E-state index in [1.165, 1.54) is 20.4 Å². The van der Waals surface area contributed by atoms with Crippen molar-refractivity contribution in [3.8, 4) is 11.5 Å². The average Bonchev–Trinajstić information content (AvgIpc) is 3.28. The highest BCUT2D eigenvalue weighted by atomic mass is 16.5. The van der Waals surface area contributed by atoms with Gasteiger partial charge in [0.25, 0.3) is 5.91 Å². The summed E-state index contributed by atoms with van der Waals surface area (Å²) < 4.78 is 15.8. The average molecular weight is 393 g/mol. The molecule has 0 aliphatic heterocycles. The van der Waals surface area contributed by atoms with Crippen LogP contribution in [-0.2, 0) is 6.42 Å². The number of carbonyl (C=O) groups is 2. The van der Waals surface area contributed by atoms with Crippen LogP contribution in [0.4, 0.5) is 5.95 Å². The third-order valence-electron chi connectivity index (χ3n) is 4.82.